The highest BCUT2D eigenvalue weighted by molar-refractivity contribution is 7.89. The van der Waals surface area contributed by atoms with E-state index >= 15 is 0 Å². The van der Waals surface area contributed by atoms with Gasteiger partial charge in [0.2, 0.25) is 10.0 Å². The number of hydrogen-bond donors (Lipinski definition) is 2. The van der Waals surface area contributed by atoms with Crippen LogP contribution in [0.3, 0.4) is 0 Å². The fourth-order valence-corrected chi connectivity index (χ4v) is 4.24. The van der Waals surface area contributed by atoms with Crippen LogP contribution in [0.1, 0.15) is 32.3 Å². The van der Waals surface area contributed by atoms with Gasteiger partial charge in [0.15, 0.2) is 0 Å². The minimum Gasteiger partial charge on any atom is -0.313 e. The number of benzene rings is 1. The van der Waals surface area contributed by atoms with Gasteiger partial charge in [0.1, 0.15) is 4.90 Å². The van der Waals surface area contributed by atoms with Crippen molar-refractivity contribution in [2.45, 2.75) is 43.7 Å². The van der Waals surface area contributed by atoms with Crippen molar-refractivity contribution in [3.63, 3.8) is 0 Å². The van der Waals surface area contributed by atoms with Crippen molar-refractivity contribution in [1.29, 1.82) is 0 Å². The standard InChI is InChI=1S/C13H18Cl2N2O2S/c1-3-16-8-9-10(14)4-5-11(12(9)15)20(18,19)17-13(2)6-7-13/h4-5,16-17H,3,6-8H2,1-2H3. The summed E-state index contributed by atoms with van der Waals surface area (Å²) in [6.45, 7) is 5.03. The molecule has 0 atom stereocenters. The Morgan fingerprint density at radius 1 is 1.30 bits per heavy atom. The van der Waals surface area contributed by atoms with Gasteiger partial charge in [-0.15, -0.1) is 0 Å². The first-order chi connectivity index (χ1) is 9.29. The van der Waals surface area contributed by atoms with E-state index < -0.39 is 10.0 Å². The van der Waals surface area contributed by atoms with Crippen molar-refractivity contribution in [3.05, 3.63) is 27.7 Å². The topological polar surface area (TPSA) is 58.2 Å². The molecule has 0 aliphatic heterocycles. The van der Waals surface area contributed by atoms with E-state index in [-0.39, 0.29) is 15.5 Å². The second-order valence-corrected chi connectivity index (χ2v) is 7.72. The molecule has 1 aromatic carbocycles. The van der Waals surface area contributed by atoms with Gasteiger partial charge in [-0.2, -0.15) is 0 Å². The maximum absolute atomic E-state index is 12.4. The Morgan fingerprint density at radius 2 is 1.95 bits per heavy atom. The second-order valence-electron chi connectivity index (χ2n) is 5.28. The molecular formula is C13H18Cl2N2O2S. The minimum atomic E-state index is -3.62. The molecule has 4 nitrogen and oxygen atoms in total. The van der Waals surface area contributed by atoms with Gasteiger partial charge in [-0.25, -0.2) is 13.1 Å². The summed E-state index contributed by atoms with van der Waals surface area (Å²) in [4.78, 5) is 0.0876. The molecule has 1 aliphatic carbocycles. The maximum Gasteiger partial charge on any atom is 0.242 e. The lowest BCUT2D eigenvalue weighted by molar-refractivity contribution is 0.558. The Bertz CT molecular complexity index is 613. The molecule has 1 aliphatic rings. The Balaban J connectivity index is 2.36. The summed E-state index contributed by atoms with van der Waals surface area (Å²) in [5.41, 5.74) is 0.280. The lowest BCUT2D eigenvalue weighted by atomic mass is 10.2. The van der Waals surface area contributed by atoms with Crippen LogP contribution in [0.15, 0.2) is 17.0 Å². The maximum atomic E-state index is 12.4. The van der Waals surface area contributed by atoms with Crippen LogP contribution >= 0.6 is 23.2 Å². The van der Waals surface area contributed by atoms with Crippen LogP contribution in [-0.4, -0.2) is 20.5 Å². The highest BCUT2D eigenvalue weighted by Gasteiger charge is 2.41. The van der Waals surface area contributed by atoms with Crippen molar-refractivity contribution >= 4 is 33.2 Å². The van der Waals surface area contributed by atoms with Crippen molar-refractivity contribution in [2.75, 3.05) is 6.54 Å². The quantitative estimate of drug-likeness (QED) is 0.839. The molecule has 1 aromatic rings. The van der Waals surface area contributed by atoms with E-state index in [0.29, 0.717) is 17.1 Å². The summed E-state index contributed by atoms with van der Waals surface area (Å²) in [7, 11) is -3.62. The van der Waals surface area contributed by atoms with Crippen LogP contribution in [0, 0.1) is 0 Å². The average molecular weight is 337 g/mol. The first-order valence-corrected chi connectivity index (χ1v) is 8.74. The third-order valence-corrected chi connectivity index (χ3v) is 5.95. The molecule has 0 heterocycles. The molecule has 1 fully saturated rings. The number of halogens is 2. The Labute approximate surface area is 129 Å². The summed E-state index contributed by atoms with van der Waals surface area (Å²) in [5.74, 6) is 0. The fraction of sp³-hybridized carbons (Fsp3) is 0.538. The molecule has 2 rings (SSSR count). The van der Waals surface area contributed by atoms with E-state index in [1.54, 1.807) is 6.07 Å². The van der Waals surface area contributed by atoms with Crippen molar-refractivity contribution in [3.8, 4) is 0 Å². The lowest BCUT2D eigenvalue weighted by Gasteiger charge is -2.16. The van der Waals surface area contributed by atoms with E-state index in [9.17, 15) is 8.42 Å². The Morgan fingerprint density at radius 3 is 2.50 bits per heavy atom. The molecule has 0 unspecified atom stereocenters. The van der Waals surface area contributed by atoms with Gasteiger partial charge in [-0.05, 0) is 38.4 Å². The average Bonchev–Trinajstić information content (AvgIpc) is 3.05. The smallest absolute Gasteiger partial charge is 0.242 e. The van der Waals surface area contributed by atoms with Gasteiger partial charge in [-0.1, -0.05) is 30.1 Å². The molecule has 112 valence electrons. The number of rotatable bonds is 6. The summed E-state index contributed by atoms with van der Waals surface area (Å²) in [6.07, 6.45) is 1.70. The number of nitrogens with one attached hydrogen (secondary N) is 2. The predicted octanol–water partition coefficient (Wildman–Crippen LogP) is 2.93. The minimum absolute atomic E-state index is 0.0876. The van der Waals surface area contributed by atoms with Crippen LogP contribution in [-0.2, 0) is 16.6 Å². The molecule has 0 saturated heterocycles. The fourth-order valence-electron chi connectivity index (χ4n) is 1.86. The van der Waals surface area contributed by atoms with E-state index in [1.165, 1.54) is 6.07 Å². The van der Waals surface area contributed by atoms with Gasteiger partial charge in [0.05, 0.1) is 5.02 Å². The van der Waals surface area contributed by atoms with Gasteiger partial charge in [0.25, 0.3) is 0 Å². The van der Waals surface area contributed by atoms with Crippen LogP contribution < -0.4 is 10.0 Å². The van der Waals surface area contributed by atoms with E-state index in [2.05, 4.69) is 10.0 Å². The first kappa shape index (κ1) is 16.0. The van der Waals surface area contributed by atoms with Crippen LogP contribution in [0.25, 0.3) is 0 Å². The van der Waals surface area contributed by atoms with Crippen LogP contribution in [0.2, 0.25) is 10.0 Å². The largest absolute Gasteiger partial charge is 0.313 e. The zero-order valence-corrected chi connectivity index (χ0v) is 13.8. The summed E-state index contributed by atoms with van der Waals surface area (Å²) >= 11 is 12.3. The SMILES string of the molecule is CCNCc1c(Cl)ccc(S(=O)(=O)NC2(C)CC2)c1Cl. The van der Waals surface area contributed by atoms with Crippen LogP contribution in [0.5, 0.6) is 0 Å². The van der Waals surface area contributed by atoms with E-state index in [1.807, 2.05) is 13.8 Å². The highest BCUT2D eigenvalue weighted by Crippen LogP contribution is 2.38. The molecule has 20 heavy (non-hydrogen) atoms. The van der Waals surface area contributed by atoms with Gasteiger partial charge in [-0.3, -0.25) is 0 Å². The van der Waals surface area contributed by atoms with Gasteiger partial charge >= 0.3 is 0 Å². The molecular weight excluding hydrogens is 319 g/mol. The molecule has 0 bridgehead atoms. The number of sulfonamides is 1. The van der Waals surface area contributed by atoms with Gasteiger partial charge < -0.3 is 5.32 Å². The zero-order chi connectivity index (χ0) is 15.0. The summed E-state index contributed by atoms with van der Waals surface area (Å²) in [6, 6.07) is 3.03. The molecule has 0 aromatic heterocycles. The van der Waals surface area contributed by atoms with Crippen molar-refractivity contribution in [2.24, 2.45) is 0 Å². The predicted molar refractivity (Wildman–Crippen MR) is 81.8 cm³/mol. The van der Waals surface area contributed by atoms with Gasteiger partial charge in [0, 0.05) is 22.7 Å². The zero-order valence-electron chi connectivity index (χ0n) is 11.5. The molecule has 0 radical (unpaired) electrons. The normalized spacial score (nSPS) is 17.2. The summed E-state index contributed by atoms with van der Waals surface area (Å²) in [5, 5.41) is 3.76. The molecule has 1 saturated carbocycles. The van der Waals surface area contributed by atoms with Crippen molar-refractivity contribution in [1.82, 2.24) is 10.0 Å². The van der Waals surface area contributed by atoms with E-state index in [4.69, 9.17) is 23.2 Å². The highest BCUT2D eigenvalue weighted by atomic mass is 35.5. The molecule has 0 spiro atoms. The Hall–Kier alpha value is -0.330. The number of hydrogen-bond acceptors (Lipinski definition) is 3. The Kier molecular flexibility index (Phi) is 4.66. The third kappa shape index (κ3) is 3.46. The first-order valence-electron chi connectivity index (χ1n) is 6.51. The monoisotopic (exact) mass is 336 g/mol. The van der Waals surface area contributed by atoms with Crippen molar-refractivity contribution < 1.29 is 8.42 Å². The van der Waals surface area contributed by atoms with Crippen LogP contribution in [0.4, 0.5) is 0 Å². The summed E-state index contributed by atoms with van der Waals surface area (Å²) < 4.78 is 27.5. The third-order valence-electron chi connectivity index (χ3n) is 3.37. The molecule has 2 N–H and O–H groups in total. The van der Waals surface area contributed by atoms with E-state index in [0.717, 1.165) is 19.4 Å². The molecule has 0 amide bonds. The molecule has 7 heteroatoms. The lowest BCUT2D eigenvalue weighted by Crippen LogP contribution is -2.34. The second kappa shape index (κ2) is 5.81.